The van der Waals surface area contributed by atoms with E-state index in [1.807, 2.05) is 0 Å². The number of carbonyl (C=O) groups is 1. The van der Waals surface area contributed by atoms with Crippen molar-refractivity contribution >= 4 is 17.4 Å². The molecule has 1 heterocycles. The average molecular weight is 334 g/mol. The second-order valence-electron chi connectivity index (χ2n) is 6.67. The van der Waals surface area contributed by atoms with Gasteiger partial charge in [-0.1, -0.05) is 13.8 Å². The number of urea groups is 1. The van der Waals surface area contributed by atoms with Crippen LogP contribution in [0.15, 0.2) is 24.3 Å². The topological polar surface area (TPSA) is 87.5 Å². The molecule has 1 aliphatic heterocycles. The summed E-state index contributed by atoms with van der Waals surface area (Å²) in [7, 11) is 0. The fourth-order valence-corrected chi connectivity index (χ4v) is 3.06. The van der Waals surface area contributed by atoms with Crippen molar-refractivity contribution in [2.45, 2.75) is 39.2 Å². The predicted octanol–water partition coefficient (Wildman–Crippen LogP) is 3.23. The second-order valence-corrected chi connectivity index (χ2v) is 6.67. The van der Waals surface area contributed by atoms with E-state index in [4.69, 9.17) is 0 Å². The molecule has 0 saturated carbocycles. The lowest BCUT2D eigenvalue weighted by atomic mass is 10.0. The van der Waals surface area contributed by atoms with Crippen LogP contribution in [0.5, 0.6) is 0 Å². The van der Waals surface area contributed by atoms with Crippen molar-refractivity contribution in [3.8, 4) is 0 Å². The SMILES string of the molecule is CC(C)C[C@@H](CNC(=O)Nc1ccc([N+](=O)[O-])cc1)N1CCCC1. The minimum atomic E-state index is -0.462. The Morgan fingerprint density at radius 2 is 1.88 bits per heavy atom. The molecule has 1 aromatic carbocycles. The molecule has 0 aliphatic carbocycles. The number of anilines is 1. The number of nitro benzene ring substituents is 1. The quantitative estimate of drug-likeness (QED) is 0.592. The fourth-order valence-electron chi connectivity index (χ4n) is 3.06. The van der Waals surface area contributed by atoms with Gasteiger partial charge in [0.1, 0.15) is 0 Å². The molecule has 132 valence electrons. The first-order valence-corrected chi connectivity index (χ1v) is 8.49. The third-order valence-electron chi connectivity index (χ3n) is 4.23. The van der Waals surface area contributed by atoms with E-state index in [1.54, 1.807) is 0 Å². The number of carbonyl (C=O) groups excluding carboxylic acids is 1. The molecule has 0 radical (unpaired) electrons. The lowest BCUT2D eigenvalue weighted by Gasteiger charge is -2.29. The van der Waals surface area contributed by atoms with Crippen molar-refractivity contribution in [2.75, 3.05) is 25.0 Å². The van der Waals surface area contributed by atoms with E-state index in [1.165, 1.54) is 37.1 Å². The first-order valence-electron chi connectivity index (χ1n) is 8.49. The van der Waals surface area contributed by atoms with Gasteiger partial charge in [0, 0.05) is 30.4 Å². The Labute approximate surface area is 142 Å². The zero-order valence-electron chi connectivity index (χ0n) is 14.3. The molecule has 1 aromatic rings. The molecule has 7 nitrogen and oxygen atoms in total. The summed E-state index contributed by atoms with van der Waals surface area (Å²) in [6, 6.07) is 5.89. The molecule has 2 amide bonds. The van der Waals surface area contributed by atoms with Crippen LogP contribution in [0.25, 0.3) is 0 Å². The molecule has 1 atom stereocenters. The molecule has 2 rings (SSSR count). The number of likely N-dealkylation sites (tertiary alicyclic amines) is 1. The van der Waals surface area contributed by atoms with Crippen molar-refractivity contribution in [1.29, 1.82) is 0 Å². The van der Waals surface area contributed by atoms with Gasteiger partial charge in [-0.2, -0.15) is 0 Å². The van der Waals surface area contributed by atoms with Crippen LogP contribution in [-0.2, 0) is 0 Å². The number of amides is 2. The normalized spacial score (nSPS) is 16.1. The number of rotatable bonds is 7. The van der Waals surface area contributed by atoms with Gasteiger partial charge in [0.25, 0.3) is 5.69 Å². The Morgan fingerprint density at radius 3 is 2.42 bits per heavy atom. The van der Waals surface area contributed by atoms with E-state index in [0.717, 1.165) is 19.5 Å². The van der Waals surface area contributed by atoms with E-state index in [-0.39, 0.29) is 11.7 Å². The number of benzene rings is 1. The highest BCUT2D eigenvalue weighted by atomic mass is 16.6. The molecule has 1 fully saturated rings. The highest BCUT2D eigenvalue weighted by molar-refractivity contribution is 5.89. The van der Waals surface area contributed by atoms with Gasteiger partial charge >= 0.3 is 6.03 Å². The second kappa shape index (κ2) is 8.63. The Balaban J connectivity index is 1.84. The number of non-ortho nitro benzene ring substituents is 1. The summed E-state index contributed by atoms with van der Waals surface area (Å²) in [5.41, 5.74) is 0.548. The first kappa shape index (κ1) is 18.2. The average Bonchev–Trinajstić information content (AvgIpc) is 3.06. The molecular formula is C17H26N4O3. The van der Waals surface area contributed by atoms with E-state index in [0.29, 0.717) is 24.2 Å². The Kier molecular flexibility index (Phi) is 6.54. The van der Waals surface area contributed by atoms with Gasteiger partial charge in [-0.15, -0.1) is 0 Å². The molecule has 1 aliphatic rings. The molecule has 0 bridgehead atoms. The lowest BCUT2D eigenvalue weighted by Crippen LogP contribution is -2.44. The smallest absolute Gasteiger partial charge is 0.319 e. The zero-order chi connectivity index (χ0) is 17.5. The Hall–Kier alpha value is -2.15. The summed E-state index contributed by atoms with van der Waals surface area (Å²) in [5, 5.41) is 16.3. The van der Waals surface area contributed by atoms with Gasteiger partial charge < -0.3 is 10.6 Å². The fraction of sp³-hybridized carbons (Fsp3) is 0.588. The Bertz CT molecular complexity index is 553. The van der Waals surface area contributed by atoms with Crippen molar-refractivity contribution in [3.63, 3.8) is 0 Å². The minimum Gasteiger partial charge on any atom is -0.336 e. The molecule has 0 aromatic heterocycles. The predicted molar refractivity (Wildman–Crippen MR) is 94.2 cm³/mol. The van der Waals surface area contributed by atoms with Crippen molar-refractivity contribution in [2.24, 2.45) is 5.92 Å². The maximum Gasteiger partial charge on any atom is 0.319 e. The van der Waals surface area contributed by atoms with Crippen LogP contribution in [-0.4, -0.2) is 41.5 Å². The summed E-state index contributed by atoms with van der Waals surface area (Å²) in [4.78, 5) is 24.7. The largest absolute Gasteiger partial charge is 0.336 e. The lowest BCUT2D eigenvalue weighted by molar-refractivity contribution is -0.384. The number of nitrogens with zero attached hydrogens (tertiary/aromatic N) is 2. The molecule has 7 heteroatoms. The molecule has 0 unspecified atom stereocenters. The van der Waals surface area contributed by atoms with Crippen LogP contribution in [0.4, 0.5) is 16.2 Å². The monoisotopic (exact) mass is 334 g/mol. The summed E-state index contributed by atoms with van der Waals surface area (Å²) in [6.45, 7) is 7.20. The van der Waals surface area contributed by atoms with Crippen molar-refractivity contribution < 1.29 is 9.72 Å². The van der Waals surface area contributed by atoms with Gasteiger partial charge in [0.2, 0.25) is 0 Å². The summed E-state index contributed by atoms with van der Waals surface area (Å²) >= 11 is 0. The van der Waals surface area contributed by atoms with E-state index in [2.05, 4.69) is 29.4 Å². The molecule has 24 heavy (non-hydrogen) atoms. The molecule has 1 saturated heterocycles. The minimum absolute atomic E-state index is 0.00647. The molecule has 0 spiro atoms. The molecule has 2 N–H and O–H groups in total. The van der Waals surface area contributed by atoms with E-state index in [9.17, 15) is 14.9 Å². The first-order chi connectivity index (χ1) is 11.5. The van der Waals surface area contributed by atoms with E-state index >= 15 is 0 Å². The van der Waals surface area contributed by atoms with Gasteiger partial charge in [0.05, 0.1) is 4.92 Å². The number of hydrogen-bond acceptors (Lipinski definition) is 4. The van der Waals surface area contributed by atoms with Gasteiger partial charge in [-0.05, 0) is 50.4 Å². The third kappa shape index (κ3) is 5.49. The summed E-state index contributed by atoms with van der Waals surface area (Å²) < 4.78 is 0. The van der Waals surface area contributed by atoms with Crippen LogP contribution in [0.2, 0.25) is 0 Å². The number of nitrogens with one attached hydrogen (secondary N) is 2. The third-order valence-corrected chi connectivity index (χ3v) is 4.23. The van der Waals surface area contributed by atoms with Crippen LogP contribution in [0, 0.1) is 16.0 Å². The number of nitro groups is 1. The maximum absolute atomic E-state index is 12.1. The van der Waals surface area contributed by atoms with Gasteiger partial charge in [-0.3, -0.25) is 15.0 Å². The van der Waals surface area contributed by atoms with Crippen LogP contribution < -0.4 is 10.6 Å². The van der Waals surface area contributed by atoms with Crippen molar-refractivity contribution in [1.82, 2.24) is 10.2 Å². The van der Waals surface area contributed by atoms with Crippen LogP contribution >= 0.6 is 0 Å². The zero-order valence-corrected chi connectivity index (χ0v) is 14.3. The van der Waals surface area contributed by atoms with E-state index < -0.39 is 4.92 Å². The highest BCUT2D eigenvalue weighted by Gasteiger charge is 2.23. The maximum atomic E-state index is 12.1. The Morgan fingerprint density at radius 1 is 1.25 bits per heavy atom. The molecular weight excluding hydrogens is 308 g/mol. The van der Waals surface area contributed by atoms with Crippen LogP contribution in [0.3, 0.4) is 0 Å². The van der Waals surface area contributed by atoms with Gasteiger partial charge in [-0.25, -0.2) is 4.79 Å². The number of hydrogen-bond donors (Lipinski definition) is 2. The summed E-state index contributed by atoms with van der Waals surface area (Å²) in [5.74, 6) is 0.579. The highest BCUT2D eigenvalue weighted by Crippen LogP contribution is 2.18. The standard InChI is InChI=1S/C17H26N4O3/c1-13(2)11-16(20-9-3-4-10-20)12-18-17(22)19-14-5-7-15(8-6-14)21(23)24/h5-8,13,16H,3-4,9-12H2,1-2H3,(H2,18,19,22)/t16-/m0/s1. The van der Waals surface area contributed by atoms with Crippen molar-refractivity contribution in [3.05, 3.63) is 34.4 Å². The summed E-state index contributed by atoms with van der Waals surface area (Å²) in [6.07, 6.45) is 3.50. The van der Waals surface area contributed by atoms with Gasteiger partial charge in [0.15, 0.2) is 0 Å². The van der Waals surface area contributed by atoms with Crippen LogP contribution in [0.1, 0.15) is 33.1 Å².